The molecule has 2 aromatic heterocycles. The van der Waals surface area contributed by atoms with Crippen molar-refractivity contribution in [3.05, 3.63) is 94.9 Å². The van der Waals surface area contributed by atoms with Crippen molar-refractivity contribution < 1.29 is 14.3 Å². The number of piperidine rings is 1. The summed E-state index contributed by atoms with van der Waals surface area (Å²) in [6.07, 6.45) is 3.45. The summed E-state index contributed by atoms with van der Waals surface area (Å²) in [4.78, 5) is 33.4. The molecule has 3 heterocycles. The maximum Gasteiger partial charge on any atom is 0.256 e. The Kier molecular flexibility index (Phi) is 7.45. The molecule has 0 atom stereocenters. The number of carbonyl (C=O) groups excluding carboxylic acids is 2. The molecule has 0 radical (unpaired) electrons. The Hall–Kier alpha value is -4.13. The van der Waals surface area contributed by atoms with Gasteiger partial charge in [-0.2, -0.15) is 0 Å². The van der Waals surface area contributed by atoms with Gasteiger partial charge in [-0.25, -0.2) is 0 Å². The zero-order valence-corrected chi connectivity index (χ0v) is 22.2. The summed E-state index contributed by atoms with van der Waals surface area (Å²) < 4.78 is 7.70. The molecule has 2 aromatic carbocycles. The second-order valence-corrected chi connectivity index (χ2v) is 9.85. The predicted octanol–water partition coefficient (Wildman–Crippen LogP) is 5.23. The molecule has 1 aliphatic heterocycles. The number of aromatic nitrogens is 2. The molecule has 0 unspecified atom stereocenters. The van der Waals surface area contributed by atoms with E-state index >= 15 is 0 Å². The molecule has 7 nitrogen and oxygen atoms in total. The second-order valence-electron chi connectivity index (χ2n) is 9.85. The highest BCUT2D eigenvalue weighted by molar-refractivity contribution is 6.07. The first-order valence-electron chi connectivity index (χ1n) is 13.3. The van der Waals surface area contributed by atoms with Crippen LogP contribution in [0.4, 0.5) is 0 Å². The minimum atomic E-state index is -0.145. The normalized spacial score (nSPS) is 14.0. The number of rotatable bonds is 7. The molecular formula is C31H34N4O3. The summed E-state index contributed by atoms with van der Waals surface area (Å²) in [6.45, 7) is 6.10. The molecule has 0 bridgehead atoms. The molecule has 7 heteroatoms. The number of aryl methyl sites for hydroxylation is 2. The van der Waals surface area contributed by atoms with Crippen LogP contribution in [0.25, 0.3) is 10.9 Å². The summed E-state index contributed by atoms with van der Waals surface area (Å²) >= 11 is 0. The van der Waals surface area contributed by atoms with Crippen LogP contribution < -0.4 is 10.1 Å². The number of fused-ring (bicyclic) bond motifs is 1. The fourth-order valence-corrected chi connectivity index (χ4v) is 5.34. The van der Waals surface area contributed by atoms with Gasteiger partial charge in [0.15, 0.2) is 0 Å². The lowest BCUT2D eigenvalue weighted by Gasteiger charge is -2.32. The number of nitrogens with zero attached hydrogens (tertiary/aromatic N) is 3. The second kappa shape index (κ2) is 11.1. The van der Waals surface area contributed by atoms with Gasteiger partial charge in [0.25, 0.3) is 11.8 Å². The molecule has 5 rings (SSSR count). The van der Waals surface area contributed by atoms with Gasteiger partial charge < -0.3 is 19.5 Å². The molecule has 0 spiro atoms. The monoisotopic (exact) mass is 510 g/mol. The van der Waals surface area contributed by atoms with Crippen LogP contribution in [0.15, 0.2) is 66.9 Å². The third-order valence-electron chi connectivity index (χ3n) is 7.32. The number of hydrogen-bond donors (Lipinski definition) is 1. The zero-order valence-electron chi connectivity index (χ0n) is 22.2. The summed E-state index contributed by atoms with van der Waals surface area (Å²) in [7, 11) is 1.97. The molecule has 0 saturated carbocycles. The van der Waals surface area contributed by atoms with E-state index in [2.05, 4.69) is 5.32 Å². The number of carbonyl (C=O) groups is 2. The average Bonchev–Trinajstić information content (AvgIpc) is 3.28. The van der Waals surface area contributed by atoms with Crippen molar-refractivity contribution in [2.45, 2.75) is 39.2 Å². The smallest absolute Gasteiger partial charge is 0.256 e. The van der Waals surface area contributed by atoms with Crippen molar-refractivity contribution in [1.82, 2.24) is 19.8 Å². The number of benzene rings is 2. The van der Waals surface area contributed by atoms with Crippen molar-refractivity contribution in [1.29, 1.82) is 0 Å². The van der Waals surface area contributed by atoms with Gasteiger partial charge in [0.1, 0.15) is 5.75 Å². The highest BCUT2D eigenvalue weighted by Gasteiger charge is 2.29. The third kappa shape index (κ3) is 5.14. The molecule has 1 aliphatic rings. The first-order valence-corrected chi connectivity index (χ1v) is 13.3. The van der Waals surface area contributed by atoms with Gasteiger partial charge in [0.05, 0.1) is 23.4 Å². The van der Waals surface area contributed by atoms with E-state index < -0.39 is 0 Å². The summed E-state index contributed by atoms with van der Waals surface area (Å²) in [5.74, 6) is 0.806. The Balaban J connectivity index is 1.29. The van der Waals surface area contributed by atoms with Crippen LogP contribution in [0, 0.1) is 6.92 Å². The Labute approximate surface area is 223 Å². The van der Waals surface area contributed by atoms with Gasteiger partial charge in [-0.3, -0.25) is 14.6 Å². The molecule has 38 heavy (non-hydrogen) atoms. The number of hydrogen-bond acceptors (Lipinski definition) is 4. The molecule has 0 aliphatic carbocycles. The Morgan fingerprint density at radius 2 is 1.74 bits per heavy atom. The maximum absolute atomic E-state index is 13.4. The molecule has 1 N–H and O–H groups in total. The summed E-state index contributed by atoms with van der Waals surface area (Å²) in [5.41, 5.74) is 5.02. The van der Waals surface area contributed by atoms with Gasteiger partial charge in [-0.1, -0.05) is 36.4 Å². The van der Waals surface area contributed by atoms with Gasteiger partial charge in [0, 0.05) is 61.0 Å². The van der Waals surface area contributed by atoms with Crippen LogP contribution in [0.3, 0.4) is 0 Å². The highest BCUT2D eigenvalue weighted by Crippen LogP contribution is 2.31. The number of ether oxygens (including phenoxy) is 1. The molecule has 196 valence electrons. The first kappa shape index (κ1) is 25.5. The Morgan fingerprint density at radius 1 is 1.00 bits per heavy atom. The topological polar surface area (TPSA) is 76.5 Å². The number of pyridine rings is 1. The van der Waals surface area contributed by atoms with Crippen molar-refractivity contribution in [2.24, 2.45) is 7.05 Å². The first-order chi connectivity index (χ1) is 18.5. The van der Waals surface area contributed by atoms with E-state index in [0.717, 1.165) is 52.0 Å². The molecule has 1 saturated heterocycles. The lowest BCUT2D eigenvalue weighted by atomic mass is 9.89. The van der Waals surface area contributed by atoms with E-state index in [4.69, 9.17) is 9.72 Å². The van der Waals surface area contributed by atoms with E-state index in [-0.39, 0.29) is 17.7 Å². The summed E-state index contributed by atoms with van der Waals surface area (Å²) in [6, 6.07) is 19.5. The average molecular weight is 511 g/mol. The van der Waals surface area contributed by atoms with Gasteiger partial charge in [0.2, 0.25) is 0 Å². The standard InChI is InChI=1S/C31H34N4O3/c1-4-38-28-12-8-5-9-23(28)19-32-30(36)25-14-13-21(2)33-29(25)22-15-17-35(18-16-22)31(37)26-20-34(3)27-11-7-6-10-24(26)27/h5-14,20,22H,4,15-19H2,1-3H3,(H,32,36). The van der Waals surface area contributed by atoms with Crippen molar-refractivity contribution in [3.8, 4) is 5.75 Å². The van der Waals surface area contributed by atoms with Crippen molar-refractivity contribution in [2.75, 3.05) is 19.7 Å². The van der Waals surface area contributed by atoms with Gasteiger partial charge in [-0.15, -0.1) is 0 Å². The van der Waals surface area contributed by atoms with Crippen molar-refractivity contribution in [3.63, 3.8) is 0 Å². The van der Waals surface area contributed by atoms with Crippen molar-refractivity contribution >= 4 is 22.7 Å². The van der Waals surface area contributed by atoms with E-state index in [1.165, 1.54) is 0 Å². The summed E-state index contributed by atoms with van der Waals surface area (Å²) in [5, 5.41) is 4.03. The number of amides is 2. The van der Waals surface area contributed by atoms with Gasteiger partial charge in [-0.05, 0) is 51.0 Å². The van der Waals surface area contributed by atoms with E-state index in [1.807, 2.05) is 97.2 Å². The Morgan fingerprint density at radius 3 is 2.53 bits per heavy atom. The minimum absolute atomic E-state index is 0.0587. The largest absolute Gasteiger partial charge is 0.494 e. The predicted molar refractivity (Wildman–Crippen MR) is 149 cm³/mol. The lowest BCUT2D eigenvalue weighted by Crippen LogP contribution is -2.38. The van der Waals surface area contributed by atoms with Gasteiger partial charge >= 0.3 is 0 Å². The zero-order chi connectivity index (χ0) is 26.6. The van der Waals surface area contributed by atoms with E-state index in [1.54, 1.807) is 0 Å². The fourth-order valence-electron chi connectivity index (χ4n) is 5.34. The SMILES string of the molecule is CCOc1ccccc1CNC(=O)c1ccc(C)nc1C1CCN(C(=O)c2cn(C)c3ccccc23)CC1. The number of nitrogens with one attached hydrogen (secondary N) is 1. The van der Waals surface area contributed by atoms with Crippen LogP contribution in [0.5, 0.6) is 5.75 Å². The fraction of sp³-hybridized carbons (Fsp3) is 0.323. The Bertz CT molecular complexity index is 1470. The van der Waals surface area contributed by atoms with Crippen LogP contribution in [-0.2, 0) is 13.6 Å². The van der Waals surface area contributed by atoms with Crippen LogP contribution in [-0.4, -0.2) is 46.0 Å². The van der Waals surface area contributed by atoms with E-state index in [9.17, 15) is 9.59 Å². The van der Waals surface area contributed by atoms with E-state index in [0.29, 0.717) is 31.8 Å². The number of likely N-dealkylation sites (tertiary alicyclic amines) is 1. The number of para-hydroxylation sites is 2. The molecule has 1 fully saturated rings. The molecule has 2 amide bonds. The maximum atomic E-state index is 13.4. The van der Waals surface area contributed by atoms with Crippen LogP contribution in [0.1, 0.15) is 63.4 Å². The quantitative estimate of drug-likeness (QED) is 0.369. The molecular weight excluding hydrogens is 476 g/mol. The highest BCUT2D eigenvalue weighted by atomic mass is 16.5. The molecule has 4 aromatic rings. The minimum Gasteiger partial charge on any atom is -0.494 e. The third-order valence-corrected chi connectivity index (χ3v) is 7.32. The van der Waals surface area contributed by atoms with Crippen LogP contribution in [0.2, 0.25) is 0 Å². The lowest BCUT2D eigenvalue weighted by molar-refractivity contribution is 0.0712. The van der Waals surface area contributed by atoms with Crippen LogP contribution >= 0.6 is 0 Å².